The molecule has 0 radical (unpaired) electrons. The van der Waals surface area contributed by atoms with Crippen molar-refractivity contribution >= 4 is 32.5 Å². The first-order valence-corrected chi connectivity index (χ1v) is 15.8. The van der Waals surface area contributed by atoms with E-state index in [1.165, 1.54) is 43.5 Å². The number of benzene rings is 4. The first kappa shape index (κ1) is 34.4. The molecule has 5 rings (SSSR count). The molecule has 1 aliphatic heterocycles. The summed E-state index contributed by atoms with van der Waals surface area (Å²) >= 11 is 0. The summed E-state index contributed by atoms with van der Waals surface area (Å²) in [5.41, 5.74) is 0.661. The summed E-state index contributed by atoms with van der Waals surface area (Å²) in [4.78, 5) is 63.6. The molecular weight excluding hydrogens is 643 g/mol. The normalized spacial score (nSPS) is 20.9. The van der Waals surface area contributed by atoms with Crippen LogP contribution in [-0.4, -0.2) is 73.2 Å². The van der Waals surface area contributed by atoms with E-state index in [-0.39, 0.29) is 22.3 Å². The highest BCUT2D eigenvalue weighted by atomic mass is 31.2. The Morgan fingerprint density at radius 1 is 0.583 bits per heavy atom. The third-order valence-electron chi connectivity index (χ3n) is 7.09. The Kier molecular flexibility index (Phi) is 12.0. The van der Waals surface area contributed by atoms with E-state index < -0.39 is 69.8 Å². The minimum absolute atomic E-state index is 0.135. The van der Waals surface area contributed by atoms with Crippen molar-refractivity contribution in [2.45, 2.75) is 30.7 Å². The molecule has 1 saturated heterocycles. The fraction of sp³-hybridized carbons (Fsp3) is 0.200. The first-order chi connectivity index (χ1) is 23.3. The van der Waals surface area contributed by atoms with Crippen molar-refractivity contribution < 1.29 is 56.8 Å². The van der Waals surface area contributed by atoms with Crippen LogP contribution in [0, 0.1) is 0 Å². The lowest BCUT2D eigenvalue weighted by Crippen LogP contribution is -2.63. The van der Waals surface area contributed by atoms with Crippen molar-refractivity contribution in [3.05, 3.63) is 144 Å². The maximum absolute atomic E-state index is 13.5. The molecule has 0 saturated carbocycles. The monoisotopic (exact) mass is 674 g/mol. The Morgan fingerprint density at radius 3 is 1.38 bits per heavy atom. The fourth-order valence-corrected chi connectivity index (χ4v) is 5.18. The molecular formula is C35H31O12P. The zero-order valence-electron chi connectivity index (χ0n) is 25.5. The van der Waals surface area contributed by atoms with Gasteiger partial charge in [0.05, 0.1) is 22.3 Å². The molecule has 0 amide bonds. The van der Waals surface area contributed by atoms with E-state index in [0.29, 0.717) is 0 Å². The van der Waals surface area contributed by atoms with Crippen LogP contribution in [0.25, 0.3) is 0 Å². The molecule has 1 fully saturated rings. The predicted octanol–water partition coefficient (Wildman–Crippen LogP) is 5.13. The number of hydrogen-bond donors (Lipinski definition) is 1. The van der Waals surface area contributed by atoms with Gasteiger partial charge in [0.25, 0.3) is 0 Å². The minimum atomic E-state index is -2.61. The molecule has 12 nitrogen and oxygen atoms in total. The maximum atomic E-state index is 13.5. The molecule has 1 unspecified atom stereocenters. The third-order valence-corrected chi connectivity index (χ3v) is 7.79. The third kappa shape index (κ3) is 8.88. The van der Waals surface area contributed by atoms with Gasteiger partial charge in [-0.1, -0.05) is 72.8 Å². The standard InChI is InChI=1S/C35H31O12P/c1-41-48(40)47-35-30(46-34(39)26-20-12-5-13-21-26)29(45-33(38)25-18-10-4-11-19-25)28(44-32(37)24-16-8-3-9-17-24)27(43-35)22-42-31(36)23-14-6-2-7-15-23/h2-21,27-30,35,40H,22H2,1H3/t27-,28-,29+,30+,35-,48?/m1/s1. The van der Waals surface area contributed by atoms with Gasteiger partial charge < -0.3 is 33.1 Å². The minimum Gasteiger partial charge on any atom is -0.459 e. The number of hydrogen-bond acceptors (Lipinski definition) is 12. The van der Waals surface area contributed by atoms with Gasteiger partial charge >= 0.3 is 32.5 Å². The lowest BCUT2D eigenvalue weighted by molar-refractivity contribution is -0.276. The highest BCUT2D eigenvalue weighted by Gasteiger charge is 2.54. The average molecular weight is 675 g/mol. The molecule has 1 N–H and O–H groups in total. The van der Waals surface area contributed by atoms with Crippen molar-refractivity contribution in [1.82, 2.24) is 0 Å². The molecule has 6 atom stereocenters. The Balaban J connectivity index is 1.55. The van der Waals surface area contributed by atoms with Crippen molar-refractivity contribution in [3.8, 4) is 0 Å². The van der Waals surface area contributed by atoms with Gasteiger partial charge in [0.2, 0.25) is 6.29 Å². The van der Waals surface area contributed by atoms with Crippen LogP contribution in [-0.2, 0) is 32.7 Å². The molecule has 4 aromatic carbocycles. The van der Waals surface area contributed by atoms with Gasteiger partial charge in [0.15, 0.2) is 18.3 Å². The SMILES string of the molecule is COP(O)O[C@H]1O[C@H](COC(=O)c2ccccc2)[C@@H](OC(=O)c2ccccc2)[C@H](OC(=O)c2ccccc2)[C@@H]1OC(=O)c1ccccc1. The van der Waals surface area contributed by atoms with E-state index in [1.807, 2.05) is 0 Å². The van der Waals surface area contributed by atoms with Crippen molar-refractivity contribution in [1.29, 1.82) is 0 Å². The van der Waals surface area contributed by atoms with Gasteiger partial charge in [-0.3, -0.25) is 4.52 Å². The van der Waals surface area contributed by atoms with Crippen molar-refractivity contribution in [3.63, 3.8) is 0 Å². The van der Waals surface area contributed by atoms with Crippen LogP contribution in [0.3, 0.4) is 0 Å². The summed E-state index contributed by atoms with van der Waals surface area (Å²) < 4.78 is 39.8. The highest BCUT2D eigenvalue weighted by molar-refractivity contribution is 7.40. The largest absolute Gasteiger partial charge is 0.459 e. The lowest BCUT2D eigenvalue weighted by Gasteiger charge is -2.44. The number of ether oxygens (including phenoxy) is 5. The number of esters is 4. The van der Waals surface area contributed by atoms with Gasteiger partial charge in [0.1, 0.15) is 12.7 Å². The first-order valence-electron chi connectivity index (χ1n) is 14.7. The van der Waals surface area contributed by atoms with Crippen LogP contribution < -0.4 is 0 Å². The molecule has 48 heavy (non-hydrogen) atoms. The zero-order valence-corrected chi connectivity index (χ0v) is 26.4. The Hall–Kier alpha value is -4.97. The topological polar surface area (TPSA) is 153 Å². The second-order valence-corrected chi connectivity index (χ2v) is 11.3. The Bertz CT molecular complexity index is 1660. The van der Waals surface area contributed by atoms with Gasteiger partial charge in [-0.05, 0) is 48.5 Å². The van der Waals surface area contributed by atoms with Crippen molar-refractivity contribution in [2.75, 3.05) is 13.7 Å². The van der Waals surface area contributed by atoms with Gasteiger partial charge in [0, 0.05) is 7.11 Å². The Labute approximate surface area is 277 Å². The number of carbonyl (C=O) groups excluding carboxylic acids is 4. The zero-order chi connectivity index (χ0) is 33.9. The quantitative estimate of drug-likeness (QED) is 0.120. The molecule has 0 aromatic heterocycles. The fourth-order valence-electron chi connectivity index (χ4n) is 4.74. The average Bonchev–Trinajstić information content (AvgIpc) is 3.14. The van der Waals surface area contributed by atoms with Crippen molar-refractivity contribution in [2.24, 2.45) is 0 Å². The van der Waals surface area contributed by atoms with Crippen LogP contribution in [0.2, 0.25) is 0 Å². The van der Waals surface area contributed by atoms with Crippen LogP contribution >= 0.6 is 8.60 Å². The van der Waals surface area contributed by atoms with Gasteiger partial charge in [-0.15, -0.1) is 0 Å². The summed E-state index contributed by atoms with van der Waals surface area (Å²) in [6.45, 7) is -0.532. The highest BCUT2D eigenvalue weighted by Crippen LogP contribution is 2.40. The van der Waals surface area contributed by atoms with E-state index in [0.717, 1.165) is 0 Å². The summed E-state index contributed by atoms with van der Waals surface area (Å²) in [7, 11) is -1.43. The molecule has 1 heterocycles. The molecule has 0 bridgehead atoms. The Morgan fingerprint density at radius 2 is 0.958 bits per heavy atom. The molecule has 13 heteroatoms. The van der Waals surface area contributed by atoms with Gasteiger partial charge in [-0.2, -0.15) is 0 Å². The molecule has 0 spiro atoms. The molecule has 1 aliphatic rings. The second kappa shape index (κ2) is 16.7. The van der Waals surface area contributed by atoms with Crippen LogP contribution in [0.1, 0.15) is 41.4 Å². The maximum Gasteiger partial charge on any atom is 0.338 e. The number of rotatable bonds is 12. The predicted molar refractivity (Wildman–Crippen MR) is 170 cm³/mol. The lowest BCUT2D eigenvalue weighted by atomic mass is 9.97. The van der Waals surface area contributed by atoms with Gasteiger partial charge in [-0.25, -0.2) is 19.2 Å². The smallest absolute Gasteiger partial charge is 0.338 e. The van der Waals surface area contributed by atoms with E-state index in [2.05, 4.69) is 0 Å². The molecule has 4 aromatic rings. The number of carbonyl (C=O) groups is 4. The van der Waals surface area contributed by atoms with E-state index in [1.54, 1.807) is 84.9 Å². The van der Waals surface area contributed by atoms with E-state index in [4.69, 9.17) is 32.7 Å². The molecule has 248 valence electrons. The summed E-state index contributed by atoms with van der Waals surface area (Å²) in [6.07, 6.45) is -7.80. The summed E-state index contributed by atoms with van der Waals surface area (Å²) in [6, 6.07) is 32.0. The van der Waals surface area contributed by atoms with Crippen LogP contribution in [0.5, 0.6) is 0 Å². The summed E-state index contributed by atoms with van der Waals surface area (Å²) in [5, 5.41) is 0. The summed E-state index contributed by atoms with van der Waals surface area (Å²) in [5.74, 6) is -3.28. The van der Waals surface area contributed by atoms with E-state index >= 15 is 0 Å². The second-order valence-electron chi connectivity index (χ2n) is 10.2. The van der Waals surface area contributed by atoms with Crippen LogP contribution in [0.4, 0.5) is 0 Å². The molecule has 0 aliphatic carbocycles. The van der Waals surface area contributed by atoms with E-state index in [9.17, 15) is 24.1 Å². The van der Waals surface area contributed by atoms with Crippen LogP contribution in [0.15, 0.2) is 121 Å².